The fraction of sp³-hybridized carbons (Fsp3) is 0.478. The van der Waals surface area contributed by atoms with Gasteiger partial charge in [0.2, 0.25) is 0 Å². The number of likely N-dealkylation sites (tertiary alicyclic amines) is 1. The predicted octanol–water partition coefficient (Wildman–Crippen LogP) is 5.22. The monoisotopic (exact) mass is 481 g/mol. The number of fused-ring (bicyclic) bond motifs is 1. The molecule has 10 heteroatoms. The summed E-state index contributed by atoms with van der Waals surface area (Å²) in [5.41, 5.74) is 0.438. The third-order valence-corrected chi connectivity index (χ3v) is 6.80. The van der Waals surface area contributed by atoms with E-state index >= 15 is 0 Å². The quantitative estimate of drug-likeness (QED) is 0.613. The maximum Gasteiger partial charge on any atom is 0.416 e. The van der Waals surface area contributed by atoms with Crippen molar-refractivity contribution in [2.45, 2.75) is 38.4 Å². The zero-order valence-electron chi connectivity index (χ0n) is 18.6. The van der Waals surface area contributed by atoms with Crippen molar-refractivity contribution in [2.75, 3.05) is 43.6 Å². The Kier molecular flexibility index (Phi) is 6.83. The van der Waals surface area contributed by atoms with Gasteiger partial charge in [-0.25, -0.2) is 9.99 Å². The Bertz CT molecular complexity index is 1010. The van der Waals surface area contributed by atoms with Gasteiger partial charge in [-0.15, -0.1) is 0 Å². The van der Waals surface area contributed by atoms with E-state index in [1.165, 1.54) is 31.2 Å². The van der Waals surface area contributed by atoms with E-state index in [0.29, 0.717) is 5.02 Å². The molecule has 1 amide bonds. The lowest BCUT2D eigenvalue weighted by Gasteiger charge is -2.29. The number of anilines is 2. The lowest BCUT2D eigenvalue weighted by atomic mass is 10.1. The molecule has 6 nitrogen and oxygen atoms in total. The number of alkyl halides is 3. The third-order valence-electron chi connectivity index (χ3n) is 6.39. The van der Waals surface area contributed by atoms with Gasteiger partial charge in [0, 0.05) is 31.0 Å². The van der Waals surface area contributed by atoms with Crippen LogP contribution < -0.4 is 10.3 Å². The summed E-state index contributed by atoms with van der Waals surface area (Å²) < 4.78 is 38.3. The van der Waals surface area contributed by atoms with Gasteiger partial charge in [0.1, 0.15) is 5.82 Å². The molecule has 0 saturated carbocycles. The van der Waals surface area contributed by atoms with Crippen LogP contribution in [0.3, 0.4) is 0 Å². The van der Waals surface area contributed by atoms with Gasteiger partial charge in [-0.1, -0.05) is 11.6 Å². The molecule has 4 rings (SSSR count). The number of amides is 1. The van der Waals surface area contributed by atoms with Gasteiger partial charge in [-0.3, -0.25) is 9.80 Å². The number of halogens is 4. The van der Waals surface area contributed by atoms with Crippen molar-refractivity contribution >= 4 is 29.0 Å². The Morgan fingerprint density at radius 2 is 1.85 bits per heavy atom. The minimum Gasteiger partial charge on any atom is -0.322 e. The van der Waals surface area contributed by atoms with Gasteiger partial charge in [-0.2, -0.15) is 13.2 Å². The van der Waals surface area contributed by atoms with Gasteiger partial charge in [0.05, 0.1) is 22.2 Å². The molecule has 1 atom stereocenters. The number of nitrogens with zero attached hydrogens (tertiary/aromatic N) is 4. The van der Waals surface area contributed by atoms with Crippen molar-refractivity contribution < 1.29 is 18.0 Å². The molecule has 1 saturated heterocycles. The Hall–Kier alpha value is -2.36. The molecule has 2 aliphatic rings. The third kappa shape index (κ3) is 4.95. The number of carbonyl (C=O) groups is 1. The number of aromatic nitrogens is 1. The predicted molar refractivity (Wildman–Crippen MR) is 122 cm³/mol. The number of rotatable bonds is 6. The molecule has 178 valence electrons. The van der Waals surface area contributed by atoms with Crippen molar-refractivity contribution in [1.82, 2.24) is 14.9 Å². The first kappa shape index (κ1) is 23.8. The van der Waals surface area contributed by atoms with Gasteiger partial charge in [-0.05, 0) is 70.1 Å². The topological polar surface area (TPSA) is 51.7 Å². The maximum absolute atomic E-state index is 12.8. The van der Waals surface area contributed by atoms with E-state index in [0.717, 1.165) is 56.1 Å². The van der Waals surface area contributed by atoms with E-state index in [1.54, 1.807) is 0 Å². The summed E-state index contributed by atoms with van der Waals surface area (Å²) in [5, 5.41) is 7.09. The van der Waals surface area contributed by atoms with Gasteiger partial charge in [0.25, 0.3) is 5.91 Å². The van der Waals surface area contributed by atoms with Gasteiger partial charge < -0.3 is 10.2 Å². The van der Waals surface area contributed by atoms with Crippen LogP contribution in [-0.2, 0) is 6.18 Å². The molecular weight excluding hydrogens is 455 g/mol. The van der Waals surface area contributed by atoms with Crippen LogP contribution in [0.4, 0.5) is 24.7 Å². The number of pyridine rings is 1. The molecular formula is C23H27ClF3N5O. The minimum absolute atomic E-state index is 0.0643. The van der Waals surface area contributed by atoms with E-state index < -0.39 is 17.6 Å². The molecule has 3 heterocycles. The highest BCUT2D eigenvalue weighted by atomic mass is 35.5. The zero-order valence-corrected chi connectivity index (χ0v) is 19.4. The van der Waals surface area contributed by atoms with Crippen LogP contribution >= 0.6 is 11.6 Å². The molecule has 2 aliphatic heterocycles. The Labute approximate surface area is 196 Å². The van der Waals surface area contributed by atoms with E-state index in [2.05, 4.69) is 25.2 Å². The normalized spacial score (nSPS) is 19.2. The molecule has 0 spiro atoms. The first-order valence-electron chi connectivity index (χ1n) is 11.1. The van der Waals surface area contributed by atoms with Crippen molar-refractivity contribution in [3.63, 3.8) is 0 Å². The lowest BCUT2D eigenvalue weighted by Crippen LogP contribution is -2.38. The molecule has 1 unspecified atom stereocenters. The second-order valence-electron chi connectivity index (χ2n) is 8.53. The maximum atomic E-state index is 12.8. The Morgan fingerprint density at radius 3 is 2.48 bits per heavy atom. The molecule has 33 heavy (non-hydrogen) atoms. The zero-order chi connectivity index (χ0) is 23.8. The highest BCUT2D eigenvalue weighted by Crippen LogP contribution is 2.42. The summed E-state index contributed by atoms with van der Waals surface area (Å²) in [5.74, 6) is 0.222. The fourth-order valence-corrected chi connectivity index (χ4v) is 4.81. The number of hydrazine groups is 1. The van der Waals surface area contributed by atoms with Crippen LogP contribution in [0.1, 0.15) is 53.7 Å². The summed E-state index contributed by atoms with van der Waals surface area (Å²) in [7, 11) is 1.97. The number of carbonyl (C=O) groups excluding carboxylic acids is 1. The lowest BCUT2D eigenvalue weighted by molar-refractivity contribution is -0.137. The highest BCUT2D eigenvalue weighted by molar-refractivity contribution is 6.35. The minimum atomic E-state index is -4.43. The molecule has 1 aromatic heterocycles. The molecule has 0 radical (unpaired) electrons. The molecule has 0 aliphatic carbocycles. The van der Waals surface area contributed by atoms with Gasteiger partial charge >= 0.3 is 6.18 Å². The fourth-order valence-electron chi connectivity index (χ4n) is 4.43. The highest BCUT2D eigenvalue weighted by Gasteiger charge is 2.36. The number of benzene rings is 1. The first-order chi connectivity index (χ1) is 15.7. The Morgan fingerprint density at radius 1 is 1.18 bits per heavy atom. The summed E-state index contributed by atoms with van der Waals surface area (Å²) in [4.78, 5) is 19.8. The van der Waals surface area contributed by atoms with E-state index in [4.69, 9.17) is 11.6 Å². The largest absolute Gasteiger partial charge is 0.416 e. The summed E-state index contributed by atoms with van der Waals surface area (Å²) in [6.45, 7) is 6.15. The summed E-state index contributed by atoms with van der Waals surface area (Å²) in [6.07, 6.45) is 0.514. The number of hydrogen-bond acceptors (Lipinski definition) is 5. The number of nitrogens with one attached hydrogen (secondary N) is 1. The standard InChI is InChI=1S/C23H27ClF3N5O/c1-15-19-20(24)18(22(33)29-17-8-6-16(7-9-17)23(25,26)27)14-28-21(19)32(30(15)2)13-5-12-31-10-3-4-11-31/h6-9,14-15H,3-5,10-13H2,1-2H3,(H,29,33). The molecule has 2 aromatic rings. The van der Waals surface area contributed by atoms with Crippen LogP contribution in [0.5, 0.6) is 0 Å². The van der Waals surface area contributed by atoms with Crippen molar-refractivity contribution in [3.8, 4) is 0 Å². The SMILES string of the molecule is CC1c2c(ncc(C(=O)Nc3ccc(C(F)(F)F)cc3)c2Cl)N(CCCN2CCCC2)N1C. The van der Waals surface area contributed by atoms with E-state index in [9.17, 15) is 18.0 Å². The van der Waals surface area contributed by atoms with Crippen LogP contribution in [0.15, 0.2) is 30.5 Å². The second kappa shape index (κ2) is 9.48. The van der Waals surface area contributed by atoms with Crippen molar-refractivity contribution in [3.05, 3.63) is 52.2 Å². The van der Waals surface area contributed by atoms with Crippen molar-refractivity contribution in [1.29, 1.82) is 0 Å². The first-order valence-corrected chi connectivity index (χ1v) is 11.4. The number of hydrogen-bond donors (Lipinski definition) is 1. The van der Waals surface area contributed by atoms with Crippen LogP contribution in [0.25, 0.3) is 0 Å². The summed E-state index contributed by atoms with van der Waals surface area (Å²) in [6, 6.07) is 4.22. The average Bonchev–Trinajstić information content (AvgIpc) is 3.36. The molecule has 1 N–H and O–H groups in total. The average molecular weight is 482 g/mol. The second-order valence-corrected chi connectivity index (χ2v) is 8.91. The van der Waals surface area contributed by atoms with Crippen LogP contribution in [0, 0.1) is 0 Å². The van der Waals surface area contributed by atoms with Crippen LogP contribution in [-0.4, -0.2) is 54.0 Å². The summed E-state index contributed by atoms with van der Waals surface area (Å²) >= 11 is 6.65. The van der Waals surface area contributed by atoms with Crippen LogP contribution in [0.2, 0.25) is 5.02 Å². The van der Waals surface area contributed by atoms with Gasteiger partial charge in [0.15, 0.2) is 0 Å². The van der Waals surface area contributed by atoms with E-state index in [1.807, 2.05) is 14.0 Å². The van der Waals surface area contributed by atoms with E-state index in [-0.39, 0.29) is 17.3 Å². The van der Waals surface area contributed by atoms with Crippen molar-refractivity contribution in [2.24, 2.45) is 0 Å². The molecule has 1 aromatic carbocycles. The molecule has 1 fully saturated rings. The Balaban J connectivity index is 1.48. The molecule has 0 bridgehead atoms. The smallest absolute Gasteiger partial charge is 0.322 e.